The van der Waals surface area contributed by atoms with Crippen molar-refractivity contribution in [3.63, 3.8) is 0 Å². The third kappa shape index (κ3) is 3.77. The second kappa shape index (κ2) is 7.68. The standard InChI is InChI=1S/C21H26N4O4S2/c1-13-12-30-20(22-13)23-18(26)14-6-5-9-25(11-14)31(28,29)15-7-8-17-16(10-15)21(2,3)19(27)24(17)4/h7-8,10,12,14H,5-6,9,11H2,1-4H3,(H,22,23,26). The number of carbonyl (C=O) groups is 2. The second-order valence-corrected chi connectivity index (χ2v) is 11.4. The van der Waals surface area contributed by atoms with Crippen LogP contribution in [0.25, 0.3) is 0 Å². The fourth-order valence-electron chi connectivity index (χ4n) is 4.26. The zero-order valence-corrected chi connectivity index (χ0v) is 19.6. The number of rotatable bonds is 4. The molecule has 0 spiro atoms. The number of nitrogens with one attached hydrogen (secondary N) is 1. The molecule has 1 aromatic carbocycles. The number of carbonyl (C=O) groups excluding carboxylic acids is 2. The summed E-state index contributed by atoms with van der Waals surface area (Å²) < 4.78 is 28.1. The highest BCUT2D eigenvalue weighted by Crippen LogP contribution is 2.42. The number of amides is 2. The van der Waals surface area contributed by atoms with Gasteiger partial charge in [-0.05, 0) is 57.4 Å². The Balaban J connectivity index is 1.56. The van der Waals surface area contributed by atoms with Gasteiger partial charge in [0.2, 0.25) is 21.8 Å². The molecule has 166 valence electrons. The Hall–Kier alpha value is -2.30. The van der Waals surface area contributed by atoms with E-state index in [0.717, 1.165) is 11.4 Å². The molecule has 31 heavy (non-hydrogen) atoms. The predicted molar refractivity (Wildman–Crippen MR) is 120 cm³/mol. The third-order valence-electron chi connectivity index (χ3n) is 6.08. The number of aromatic nitrogens is 1. The van der Waals surface area contributed by atoms with E-state index in [1.165, 1.54) is 15.6 Å². The van der Waals surface area contributed by atoms with E-state index in [1.807, 2.05) is 12.3 Å². The van der Waals surface area contributed by atoms with Crippen molar-refractivity contribution in [2.24, 2.45) is 5.92 Å². The van der Waals surface area contributed by atoms with Gasteiger partial charge in [0.25, 0.3) is 0 Å². The maximum Gasteiger partial charge on any atom is 0.243 e. The minimum absolute atomic E-state index is 0.0656. The van der Waals surface area contributed by atoms with E-state index in [2.05, 4.69) is 10.3 Å². The summed E-state index contributed by atoms with van der Waals surface area (Å²) in [6.07, 6.45) is 1.23. The molecule has 8 nitrogen and oxygen atoms in total. The van der Waals surface area contributed by atoms with Crippen molar-refractivity contribution < 1.29 is 18.0 Å². The first-order valence-corrected chi connectivity index (χ1v) is 12.5. The Morgan fingerprint density at radius 2 is 2.06 bits per heavy atom. The summed E-state index contributed by atoms with van der Waals surface area (Å²) in [5, 5.41) is 5.18. The Morgan fingerprint density at radius 1 is 1.32 bits per heavy atom. The number of aryl methyl sites for hydroxylation is 1. The molecule has 0 radical (unpaired) electrons. The van der Waals surface area contributed by atoms with Crippen molar-refractivity contribution >= 4 is 44.0 Å². The highest BCUT2D eigenvalue weighted by molar-refractivity contribution is 7.89. The van der Waals surface area contributed by atoms with Crippen molar-refractivity contribution in [2.45, 2.75) is 43.9 Å². The normalized spacial score (nSPS) is 21.2. The second-order valence-electron chi connectivity index (χ2n) is 8.65. The highest BCUT2D eigenvalue weighted by Gasteiger charge is 2.43. The SMILES string of the molecule is Cc1csc(NC(=O)C2CCCN(S(=O)(=O)c3ccc4c(c3)C(C)(C)C(=O)N4C)C2)n1. The van der Waals surface area contributed by atoms with Gasteiger partial charge in [0, 0.05) is 31.2 Å². The molecular formula is C21H26N4O4S2. The first-order chi connectivity index (χ1) is 14.5. The molecule has 2 aliphatic rings. The molecule has 2 aromatic rings. The van der Waals surface area contributed by atoms with Crippen molar-refractivity contribution in [3.8, 4) is 0 Å². The maximum atomic E-state index is 13.4. The molecule has 10 heteroatoms. The summed E-state index contributed by atoms with van der Waals surface area (Å²) in [6, 6.07) is 4.84. The zero-order valence-electron chi connectivity index (χ0n) is 18.0. The lowest BCUT2D eigenvalue weighted by molar-refractivity contribution is -0.122. The van der Waals surface area contributed by atoms with E-state index >= 15 is 0 Å². The molecule has 0 saturated carbocycles. The lowest BCUT2D eigenvalue weighted by Gasteiger charge is -2.31. The van der Waals surface area contributed by atoms with Crippen LogP contribution in [0.4, 0.5) is 10.8 Å². The van der Waals surface area contributed by atoms with Gasteiger partial charge in [-0.1, -0.05) is 0 Å². The lowest BCUT2D eigenvalue weighted by atomic mass is 9.86. The Morgan fingerprint density at radius 3 is 2.74 bits per heavy atom. The van der Waals surface area contributed by atoms with Crippen LogP contribution in [0.15, 0.2) is 28.5 Å². The minimum atomic E-state index is -3.79. The van der Waals surface area contributed by atoms with Crippen molar-refractivity contribution in [1.82, 2.24) is 9.29 Å². The van der Waals surface area contributed by atoms with Gasteiger partial charge in [0.1, 0.15) is 0 Å². The molecule has 0 bridgehead atoms. The first-order valence-electron chi connectivity index (χ1n) is 10.2. The predicted octanol–water partition coefficient (Wildman–Crippen LogP) is 2.74. The molecule has 4 rings (SSSR count). The van der Waals surface area contributed by atoms with Crippen LogP contribution >= 0.6 is 11.3 Å². The van der Waals surface area contributed by atoms with Crippen LogP contribution in [-0.2, 0) is 25.0 Å². The number of anilines is 2. The van der Waals surface area contributed by atoms with Gasteiger partial charge in [-0.15, -0.1) is 11.3 Å². The van der Waals surface area contributed by atoms with E-state index in [-0.39, 0.29) is 23.3 Å². The number of hydrogen-bond acceptors (Lipinski definition) is 6. The molecule has 1 aromatic heterocycles. The average molecular weight is 463 g/mol. The molecule has 1 N–H and O–H groups in total. The van der Waals surface area contributed by atoms with Crippen molar-refractivity contribution in [3.05, 3.63) is 34.8 Å². The Kier molecular flexibility index (Phi) is 5.43. The summed E-state index contributed by atoms with van der Waals surface area (Å²) >= 11 is 1.35. The minimum Gasteiger partial charge on any atom is -0.314 e. The monoisotopic (exact) mass is 462 g/mol. The van der Waals surface area contributed by atoms with Crippen LogP contribution in [-0.4, -0.2) is 49.7 Å². The number of sulfonamides is 1. The van der Waals surface area contributed by atoms with Crippen LogP contribution in [0, 0.1) is 12.8 Å². The van der Waals surface area contributed by atoms with Crippen LogP contribution in [0.3, 0.4) is 0 Å². The topological polar surface area (TPSA) is 99.7 Å². The van der Waals surface area contributed by atoms with Gasteiger partial charge in [-0.3, -0.25) is 9.59 Å². The molecule has 1 atom stereocenters. The van der Waals surface area contributed by atoms with Crippen molar-refractivity contribution in [1.29, 1.82) is 0 Å². The van der Waals surface area contributed by atoms with Crippen LogP contribution in [0.1, 0.15) is 37.9 Å². The number of benzene rings is 1. The van der Waals surface area contributed by atoms with Gasteiger partial charge in [0.05, 0.1) is 21.9 Å². The van der Waals surface area contributed by atoms with E-state index in [9.17, 15) is 18.0 Å². The smallest absolute Gasteiger partial charge is 0.243 e. The van der Waals surface area contributed by atoms with Gasteiger partial charge < -0.3 is 10.2 Å². The van der Waals surface area contributed by atoms with Crippen LogP contribution in [0.2, 0.25) is 0 Å². The van der Waals surface area contributed by atoms with Gasteiger partial charge >= 0.3 is 0 Å². The number of hydrogen-bond donors (Lipinski definition) is 1. The Bertz CT molecular complexity index is 1160. The van der Waals surface area contributed by atoms with Crippen LogP contribution < -0.4 is 10.2 Å². The zero-order chi connectivity index (χ0) is 22.6. The van der Waals surface area contributed by atoms with E-state index in [1.54, 1.807) is 44.0 Å². The summed E-state index contributed by atoms with van der Waals surface area (Å²) in [5.74, 6) is -0.716. The summed E-state index contributed by atoms with van der Waals surface area (Å²) in [7, 11) is -2.10. The average Bonchev–Trinajstić information content (AvgIpc) is 3.22. The number of fused-ring (bicyclic) bond motifs is 1. The number of likely N-dealkylation sites (N-methyl/N-ethyl adjacent to an activating group) is 1. The van der Waals surface area contributed by atoms with E-state index < -0.39 is 21.4 Å². The molecular weight excluding hydrogens is 436 g/mol. The highest BCUT2D eigenvalue weighted by atomic mass is 32.2. The Labute approximate surface area is 186 Å². The molecule has 1 unspecified atom stereocenters. The number of piperidine rings is 1. The van der Waals surface area contributed by atoms with Gasteiger partial charge in [-0.25, -0.2) is 13.4 Å². The fraction of sp³-hybridized carbons (Fsp3) is 0.476. The van der Waals surface area contributed by atoms with Crippen LogP contribution in [0.5, 0.6) is 0 Å². The molecule has 1 fully saturated rings. The summed E-state index contributed by atoms with van der Waals surface area (Å²) in [6.45, 7) is 5.94. The molecule has 1 saturated heterocycles. The fourth-order valence-corrected chi connectivity index (χ4v) is 6.50. The maximum absolute atomic E-state index is 13.4. The molecule has 2 amide bonds. The number of nitrogens with zero attached hydrogens (tertiary/aromatic N) is 3. The quantitative estimate of drug-likeness (QED) is 0.753. The number of thiazole rings is 1. The summed E-state index contributed by atoms with van der Waals surface area (Å²) in [4.78, 5) is 31.2. The van der Waals surface area contributed by atoms with Gasteiger partial charge in [-0.2, -0.15) is 4.31 Å². The third-order valence-corrected chi connectivity index (χ3v) is 8.82. The van der Waals surface area contributed by atoms with Crippen molar-refractivity contribution in [2.75, 3.05) is 30.4 Å². The largest absolute Gasteiger partial charge is 0.314 e. The van der Waals surface area contributed by atoms with Gasteiger partial charge in [0.15, 0.2) is 5.13 Å². The molecule has 3 heterocycles. The van der Waals surface area contributed by atoms with E-state index in [0.29, 0.717) is 30.1 Å². The summed E-state index contributed by atoms with van der Waals surface area (Å²) in [5.41, 5.74) is 1.47. The first kappa shape index (κ1) is 21.9. The molecule has 2 aliphatic heterocycles. The molecule has 0 aliphatic carbocycles. The lowest BCUT2D eigenvalue weighted by Crippen LogP contribution is -2.43. The van der Waals surface area contributed by atoms with E-state index in [4.69, 9.17) is 0 Å².